The van der Waals surface area contributed by atoms with Gasteiger partial charge in [0, 0.05) is 12.7 Å². The van der Waals surface area contributed by atoms with E-state index in [-0.39, 0.29) is 5.82 Å². The van der Waals surface area contributed by atoms with Gasteiger partial charge >= 0.3 is 0 Å². The van der Waals surface area contributed by atoms with Crippen molar-refractivity contribution < 1.29 is 4.39 Å². The van der Waals surface area contributed by atoms with Gasteiger partial charge in [0.2, 0.25) is 0 Å². The van der Waals surface area contributed by atoms with Crippen LogP contribution in [0.15, 0.2) is 24.4 Å². The molecule has 2 rings (SSSR count). The smallest absolute Gasteiger partial charge is 0.150 e. The number of aromatic nitrogens is 1. The number of hydrogen-bond donors (Lipinski definition) is 2. The van der Waals surface area contributed by atoms with Crippen LogP contribution in [0, 0.1) is 31.0 Å². The molecule has 1 aromatic heterocycles. The average Bonchev–Trinajstić information content (AvgIpc) is 2.43. The van der Waals surface area contributed by atoms with Crippen molar-refractivity contribution in [3.8, 4) is 6.07 Å². The number of aryl methyl sites for hydroxylation is 2. The predicted molar refractivity (Wildman–Crippen MR) is 76.6 cm³/mol. The topological polar surface area (TPSA) is 74.7 Å². The molecule has 0 saturated carbocycles. The Morgan fingerprint density at radius 1 is 1.35 bits per heavy atom. The second kappa shape index (κ2) is 5.57. The third-order valence-electron chi connectivity index (χ3n) is 3.07. The van der Waals surface area contributed by atoms with E-state index in [1.165, 1.54) is 6.20 Å². The van der Waals surface area contributed by atoms with Crippen molar-refractivity contribution in [2.45, 2.75) is 20.4 Å². The van der Waals surface area contributed by atoms with Crippen LogP contribution in [0.25, 0.3) is 0 Å². The molecule has 0 bridgehead atoms. The van der Waals surface area contributed by atoms with E-state index in [4.69, 9.17) is 11.0 Å². The highest BCUT2D eigenvalue weighted by Crippen LogP contribution is 2.21. The number of pyridine rings is 1. The number of halogens is 1. The van der Waals surface area contributed by atoms with Crippen LogP contribution in [0.2, 0.25) is 0 Å². The lowest BCUT2D eigenvalue weighted by Crippen LogP contribution is -2.06. The molecule has 0 aliphatic carbocycles. The molecule has 5 heteroatoms. The Balaban J connectivity index is 2.20. The average molecular weight is 270 g/mol. The first-order chi connectivity index (χ1) is 9.52. The highest BCUT2D eigenvalue weighted by molar-refractivity contribution is 5.68. The molecule has 2 aromatic rings. The Kier molecular flexibility index (Phi) is 3.85. The molecule has 1 aromatic carbocycles. The normalized spacial score (nSPS) is 10.1. The van der Waals surface area contributed by atoms with E-state index in [1.54, 1.807) is 32.0 Å². The number of benzene rings is 1. The second-order valence-electron chi connectivity index (χ2n) is 4.63. The summed E-state index contributed by atoms with van der Waals surface area (Å²) in [4.78, 5) is 4.10. The van der Waals surface area contributed by atoms with Gasteiger partial charge in [0.05, 0.1) is 11.3 Å². The van der Waals surface area contributed by atoms with Crippen LogP contribution < -0.4 is 11.1 Å². The van der Waals surface area contributed by atoms with Crippen LogP contribution in [0.1, 0.15) is 22.3 Å². The first kappa shape index (κ1) is 13.8. The molecule has 0 fully saturated rings. The number of nitriles is 1. The van der Waals surface area contributed by atoms with Gasteiger partial charge in [-0.2, -0.15) is 5.26 Å². The van der Waals surface area contributed by atoms with E-state index >= 15 is 0 Å². The Hall–Kier alpha value is -2.61. The quantitative estimate of drug-likeness (QED) is 0.899. The SMILES string of the molecule is Cc1cc(CNc2nccc(C#N)c2N)cc(C)c1F. The lowest BCUT2D eigenvalue weighted by molar-refractivity contribution is 0.608. The summed E-state index contributed by atoms with van der Waals surface area (Å²) in [7, 11) is 0. The number of hydrogen-bond acceptors (Lipinski definition) is 4. The maximum atomic E-state index is 13.5. The van der Waals surface area contributed by atoms with Crippen LogP contribution >= 0.6 is 0 Å². The molecule has 3 N–H and O–H groups in total. The summed E-state index contributed by atoms with van der Waals surface area (Å²) in [5.41, 5.74) is 8.69. The van der Waals surface area contributed by atoms with Crippen LogP contribution in [0.5, 0.6) is 0 Å². The first-order valence-corrected chi connectivity index (χ1v) is 6.17. The fraction of sp³-hybridized carbons (Fsp3) is 0.200. The molecule has 0 radical (unpaired) electrons. The third kappa shape index (κ3) is 2.69. The van der Waals surface area contributed by atoms with E-state index in [2.05, 4.69) is 10.3 Å². The summed E-state index contributed by atoms with van der Waals surface area (Å²) < 4.78 is 13.5. The first-order valence-electron chi connectivity index (χ1n) is 6.17. The molecule has 4 nitrogen and oxygen atoms in total. The van der Waals surface area contributed by atoms with Crippen molar-refractivity contribution in [1.82, 2.24) is 4.98 Å². The lowest BCUT2D eigenvalue weighted by Gasteiger charge is -2.11. The number of nitrogens with zero attached hydrogens (tertiary/aromatic N) is 2. The molecule has 102 valence electrons. The Labute approximate surface area is 117 Å². The molecule has 0 unspecified atom stereocenters. The van der Waals surface area contributed by atoms with Gasteiger partial charge < -0.3 is 11.1 Å². The number of nitrogen functional groups attached to an aromatic ring is 1. The zero-order valence-corrected chi connectivity index (χ0v) is 11.4. The van der Waals surface area contributed by atoms with Gasteiger partial charge in [0.1, 0.15) is 11.9 Å². The van der Waals surface area contributed by atoms with Crippen molar-refractivity contribution in [2.75, 3.05) is 11.1 Å². The number of anilines is 2. The van der Waals surface area contributed by atoms with E-state index in [9.17, 15) is 4.39 Å². The van der Waals surface area contributed by atoms with Crippen molar-refractivity contribution in [3.05, 3.63) is 52.5 Å². The van der Waals surface area contributed by atoms with Gasteiger partial charge in [-0.05, 0) is 36.6 Å². The molecular formula is C15H15FN4. The number of rotatable bonds is 3. The van der Waals surface area contributed by atoms with Crippen molar-refractivity contribution in [3.63, 3.8) is 0 Å². The fourth-order valence-electron chi connectivity index (χ4n) is 2.04. The van der Waals surface area contributed by atoms with Crippen LogP contribution in [0.4, 0.5) is 15.9 Å². The maximum absolute atomic E-state index is 13.5. The zero-order valence-electron chi connectivity index (χ0n) is 11.4. The summed E-state index contributed by atoms with van der Waals surface area (Å²) in [6.45, 7) is 3.93. The van der Waals surface area contributed by atoms with Crippen LogP contribution in [-0.2, 0) is 6.54 Å². The highest BCUT2D eigenvalue weighted by atomic mass is 19.1. The van der Waals surface area contributed by atoms with Gasteiger partial charge in [-0.25, -0.2) is 9.37 Å². The Morgan fingerprint density at radius 3 is 2.60 bits per heavy atom. The summed E-state index contributed by atoms with van der Waals surface area (Å²) in [5, 5.41) is 12.0. The van der Waals surface area contributed by atoms with E-state index in [0.29, 0.717) is 34.7 Å². The Bertz CT molecular complexity index is 666. The molecule has 0 amide bonds. The minimum atomic E-state index is -0.183. The molecule has 20 heavy (non-hydrogen) atoms. The number of nitrogens with one attached hydrogen (secondary N) is 1. The van der Waals surface area contributed by atoms with Crippen molar-refractivity contribution in [2.24, 2.45) is 0 Å². The van der Waals surface area contributed by atoms with Crippen molar-refractivity contribution >= 4 is 11.5 Å². The summed E-state index contributed by atoms with van der Waals surface area (Å²) in [5.74, 6) is 0.279. The maximum Gasteiger partial charge on any atom is 0.150 e. The predicted octanol–water partition coefficient (Wildman–Crippen LogP) is 2.90. The summed E-state index contributed by atoms with van der Waals surface area (Å²) in [6, 6.07) is 7.12. The van der Waals surface area contributed by atoms with Crippen LogP contribution in [0.3, 0.4) is 0 Å². The third-order valence-corrected chi connectivity index (χ3v) is 3.07. The van der Waals surface area contributed by atoms with E-state index in [0.717, 1.165) is 5.56 Å². The highest BCUT2D eigenvalue weighted by Gasteiger charge is 2.07. The summed E-state index contributed by atoms with van der Waals surface area (Å²) >= 11 is 0. The largest absolute Gasteiger partial charge is 0.395 e. The van der Waals surface area contributed by atoms with Gasteiger partial charge in [0.15, 0.2) is 5.82 Å². The molecule has 0 aliphatic heterocycles. The molecule has 1 heterocycles. The van der Waals surface area contributed by atoms with Gasteiger partial charge in [0.25, 0.3) is 0 Å². The molecule has 0 saturated heterocycles. The van der Waals surface area contributed by atoms with Gasteiger partial charge in [-0.3, -0.25) is 0 Å². The van der Waals surface area contributed by atoms with Crippen molar-refractivity contribution in [1.29, 1.82) is 5.26 Å². The van der Waals surface area contributed by atoms with E-state index < -0.39 is 0 Å². The van der Waals surface area contributed by atoms with Gasteiger partial charge in [-0.15, -0.1) is 0 Å². The number of nitrogens with two attached hydrogens (primary N) is 1. The van der Waals surface area contributed by atoms with Gasteiger partial charge in [-0.1, -0.05) is 12.1 Å². The molecule has 0 aliphatic rings. The monoisotopic (exact) mass is 270 g/mol. The lowest BCUT2D eigenvalue weighted by atomic mass is 10.1. The molecule has 0 atom stereocenters. The van der Waals surface area contributed by atoms with E-state index in [1.807, 2.05) is 6.07 Å². The Morgan fingerprint density at radius 2 is 2.00 bits per heavy atom. The molecular weight excluding hydrogens is 255 g/mol. The minimum Gasteiger partial charge on any atom is -0.395 e. The summed E-state index contributed by atoms with van der Waals surface area (Å²) in [6.07, 6.45) is 1.53. The second-order valence-corrected chi connectivity index (χ2v) is 4.63. The fourth-order valence-corrected chi connectivity index (χ4v) is 2.04. The minimum absolute atomic E-state index is 0.183. The zero-order chi connectivity index (χ0) is 14.7. The molecule has 0 spiro atoms. The van der Waals surface area contributed by atoms with Crippen LogP contribution in [-0.4, -0.2) is 4.98 Å². The standard InChI is InChI=1S/C15H15FN4/c1-9-5-11(6-10(2)13(9)16)8-20-15-14(18)12(7-17)3-4-19-15/h3-6H,8,18H2,1-2H3,(H,19,20).